The molecule has 0 saturated heterocycles. The number of halogens is 1. The van der Waals surface area contributed by atoms with Crippen LogP contribution in [-0.4, -0.2) is 23.5 Å². The number of hydrogen-bond donors (Lipinski definition) is 3. The SMILES string of the molecule is NC(=O)NCC(=O)N[C@@H](c1ccncc1)c1ccc(F)cc1. The van der Waals surface area contributed by atoms with Crippen molar-refractivity contribution in [1.82, 2.24) is 15.6 Å². The fourth-order valence-corrected chi connectivity index (χ4v) is 1.95. The summed E-state index contributed by atoms with van der Waals surface area (Å²) in [5.74, 6) is -0.774. The van der Waals surface area contributed by atoms with Crippen molar-refractivity contribution in [3.8, 4) is 0 Å². The molecule has 3 amide bonds. The van der Waals surface area contributed by atoms with E-state index in [-0.39, 0.29) is 12.4 Å². The maximum atomic E-state index is 13.1. The number of primary amides is 1. The minimum Gasteiger partial charge on any atom is -0.352 e. The fraction of sp³-hybridized carbons (Fsp3) is 0.133. The largest absolute Gasteiger partial charge is 0.352 e. The van der Waals surface area contributed by atoms with Crippen LogP contribution in [0.15, 0.2) is 48.8 Å². The summed E-state index contributed by atoms with van der Waals surface area (Å²) in [6, 6.07) is 8.04. The molecule has 0 bridgehead atoms. The zero-order valence-corrected chi connectivity index (χ0v) is 11.6. The summed E-state index contributed by atoms with van der Waals surface area (Å²) in [6.07, 6.45) is 3.19. The normalized spacial score (nSPS) is 11.5. The highest BCUT2D eigenvalue weighted by Crippen LogP contribution is 2.21. The highest BCUT2D eigenvalue weighted by Gasteiger charge is 2.17. The lowest BCUT2D eigenvalue weighted by Gasteiger charge is -2.19. The number of nitrogens with one attached hydrogen (secondary N) is 2. The van der Waals surface area contributed by atoms with Gasteiger partial charge < -0.3 is 16.4 Å². The van der Waals surface area contributed by atoms with E-state index in [2.05, 4.69) is 15.6 Å². The van der Waals surface area contributed by atoms with Crippen molar-refractivity contribution in [3.05, 3.63) is 65.7 Å². The fourth-order valence-electron chi connectivity index (χ4n) is 1.95. The van der Waals surface area contributed by atoms with E-state index in [9.17, 15) is 14.0 Å². The van der Waals surface area contributed by atoms with E-state index in [0.29, 0.717) is 5.56 Å². The second kappa shape index (κ2) is 7.16. The summed E-state index contributed by atoms with van der Waals surface area (Å²) in [6.45, 7) is -0.238. The highest BCUT2D eigenvalue weighted by molar-refractivity contribution is 5.83. The third-order valence-corrected chi connectivity index (χ3v) is 2.97. The second-order valence-corrected chi connectivity index (χ2v) is 4.55. The second-order valence-electron chi connectivity index (χ2n) is 4.55. The lowest BCUT2D eigenvalue weighted by atomic mass is 9.99. The third-order valence-electron chi connectivity index (χ3n) is 2.97. The smallest absolute Gasteiger partial charge is 0.312 e. The number of amides is 3. The van der Waals surface area contributed by atoms with Crippen LogP contribution in [0, 0.1) is 5.82 Å². The van der Waals surface area contributed by atoms with Gasteiger partial charge in [0.1, 0.15) is 5.82 Å². The molecule has 2 rings (SSSR count). The van der Waals surface area contributed by atoms with Gasteiger partial charge in [0, 0.05) is 12.4 Å². The van der Waals surface area contributed by atoms with Gasteiger partial charge in [-0.1, -0.05) is 12.1 Å². The van der Waals surface area contributed by atoms with Crippen LogP contribution >= 0.6 is 0 Å². The van der Waals surface area contributed by atoms with Crippen LogP contribution < -0.4 is 16.4 Å². The summed E-state index contributed by atoms with van der Waals surface area (Å²) in [5, 5.41) is 4.98. The molecule has 0 unspecified atom stereocenters. The molecule has 0 aliphatic carbocycles. The summed E-state index contributed by atoms with van der Waals surface area (Å²) in [7, 11) is 0. The first-order valence-corrected chi connectivity index (χ1v) is 6.54. The third kappa shape index (κ3) is 4.27. The van der Waals surface area contributed by atoms with Crippen molar-refractivity contribution >= 4 is 11.9 Å². The number of carbonyl (C=O) groups excluding carboxylic acids is 2. The lowest BCUT2D eigenvalue weighted by Crippen LogP contribution is -2.40. The molecular weight excluding hydrogens is 287 g/mol. The van der Waals surface area contributed by atoms with Crippen LogP contribution in [0.3, 0.4) is 0 Å². The van der Waals surface area contributed by atoms with Gasteiger partial charge in [0.05, 0.1) is 12.6 Å². The van der Waals surface area contributed by atoms with E-state index in [1.807, 2.05) is 0 Å². The molecular formula is C15H15FN4O2. The summed E-state index contributed by atoms with van der Waals surface area (Å²) in [4.78, 5) is 26.5. The Kier molecular flexibility index (Phi) is 5.02. The maximum Gasteiger partial charge on any atom is 0.312 e. The molecule has 7 heteroatoms. The number of pyridine rings is 1. The van der Waals surface area contributed by atoms with Gasteiger partial charge in [-0.15, -0.1) is 0 Å². The molecule has 0 spiro atoms. The Morgan fingerprint density at radius 1 is 1.09 bits per heavy atom. The number of benzene rings is 1. The van der Waals surface area contributed by atoms with Crippen LogP contribution in [0.4, 0.5) is 9.18 Å². The molecule has 0 aliphatic heterocycles. The molecule has 0 fully saturated rings. The molecule has 6 nitrogen and oxygen atoms in total. The van der Waals surface area contributed by atoms with E-state index in [1.54, 1.807) is 36.7 Å². The van der Waals surface area contributed by atoms with Crippen molar-refractivity contribution in [3.63, 3.8) is 0 Å². The van der Waals surface area contributed by atoms with E-state index >= 15 is 0 Å². The van der Waals surface area contributed by atoms with Gasteiger partial charge in [0.15, 0.2) is 0 Å². The molecule has 0 aliphatic rings. The van der Waals surface area contributed by atoms with Crippen molar-refractivity contribution in [1.29, 1.82) is 0 Å². The Labute approximate surface area is 126 Å². The number of nitrogens with zero attached hydrogens (tertiary/aromatic N) is 1. The molecule has 1 aromatic carbocycles. The molecule has 1 heterocycles. The number of carbonyl (C=O) groups is 2. The zero-order valence-electron chi connectivity index (χ0n) is 11.6. The maximum absolute atomic E-state index is 13.1. The van der Waals surface area contributed by atoms with Gasteiger partial charge in [0.25, 0.3) is 0 Å². The molecule has 114 valence electrons. The predicted octanol–water partition coefficient (Wildman–Crippen LogP) is 1.09. The Balaban J connectivity index is 2.21. The van der Waals surface area contributed by atoms with Crippen LogP contribution in [0.25, 0.3) is 0 Å². The first-order valence-electron chi connectivity index (χ1n) is 6.54. The molecule has 0 saturated carbocycles. The van der Waals surface area contributed by atoms with E-state index in [0.717, 1.165) is 5.56 Å². The van der Waals surface area contributed by atoms with Gasteiger partial charge in [-0.3, -0.25) is 9.78 Å². The Bertz CT molecular complexity index is 646. The van der Waals surface area contributed by atoms with Crippen LogP contribution in [0.1, 0.15) is 17.2 Å². The Morgan fingerprint density at radius 3 is 2.27 bits per heavy atom. The number of rotatable bonds is 5. The van der Waals surface area contributed by atoms with Gasteiger partial charge in [0.2, 0.25) is 5.91 Å². The number of nitrogens with two attached hydrogens (primary N) is 1. The molecule has 4 N–H and O–H groups in total. The van der Waals surface area contributed by atoms with Gasteiger partial charge >= 0.3 is 6.03 Å². The molecule has 0 radical (unpaired) electrons. The highest BCUT2D eigenvalue weighted by atomic mass is 19.1. The first kappa shape index (κ1) is 15.4. The van der Waals surface area contributed by atoms with E-state index < -0.39 is 18.0 Å². The Hall–Kier alpha value is -2.96. The van der Waals surface area contributed by atoms with Crippen molar-refractivity contribution in [2.45, 2.75) is 6.04 Å². The average molecular weight is 302 g/mol. The molecule has 1 aromatic heterocycles. The molecule has 22 heavy (non-hydrogen) atoms. The van der Waals surface area contributed by atoms with Crippen LogP contribution in [0.5, 0.6) is 0 Å². The van der Waals surface area contributed by atoms with Gasteiger partial charge in [-0.25, -0.2) is 9.18 Å². The minimum atomic E-state index is -0.780. The number of hydrogen-bond acceptors (Lipinski definition) is 3. The molecule has 2 aromatic rings. The summed E-state index contributed by atoms with van der Waals surface area (Å²) >= 11 is 0. The lowest BCUT2D eigenvalue weighted by molar-refractivity contribution is -0.120. The summed E-state index contributed by atoms with van der Waals surface area (Å²) < 4.78 is 13.1. The van der Waals surface area contributed by atoms with Crippen molar-refractivity contribution in [2.24, 2.45) is 5.73 Å². The predicted molar refractivity (Wildman–Crippen MR) is 78.2 cm³/mol. The van der Waals surface area contributed by atoms with Gasteiger partial charge in [-0.2, -0.15) is 0 Å². The zero-order chi connectivity index (χ0) is 15.9. The molecule has 1 atom stereocenters. The van der Waals surface area contributed by atoms with Crippen molar-refractivity contribution in [2.75, 3.05) is 6.54 Å². The quantitative estimate of drug-likeness (QED) is 0.771. The Morgan fingerprint density at radius 2 is 1.68 bits per heavy atom. The number of urea groups is 1. The minimum absolute atomic E-state index is 0.238. The van der Waals surface area contributed by atoms with Crippen LogP contribution in [-0.2, 0) is 4.79 Å². The van der Waals surface area contributed by atoms with Crippen molar-refractivity contribution < 1.29 is 14.0 Å². The summed E-state index contributed by atoms with van der Waals surface area (Å²) in [5.41, 5.74) is 6.42. The van der Waals surface area contributed by atoms with E-state index in [1.165, 1.54) is 12.1 Å². The first-order chi connectivity index (χ1) is 10.6. The standard InChI is InChI=1S/C15H15FN4O2/c16-12-3-1-10(2-4-12)14(11-5-7-18-8-6-11)20-13(21)9-19-15(17)22/h1-8,14H,9H2,(H,20,21)(H3,17,19,22)/t14-/m1/s1. The average Bonchev–Trinajstić information content (AvgIpc) is 2.52. The topological polar surface area (TPSA) is 97.1 Å². The number of aromatic nitrogens is 1. The van der Waals surface area contributed by atoms with E-state index in [4.69, 9.17) is 5.73 Å². The van der Waals surface area contributed by atoms with Crippen LogP contribution in [0.2, 0.25) is 0 Å². The van der Waals surface area contributed by atoms with Gasteiger partial charge in [-0.05, 0) is 35.4 Å². The monoisotopic (exact) mass is 302 g/mol.